The smallest absolute Gasteiger partial charge is 0.129 e. The highest BCUT2D eigenvalue weighted by Crippen LogP contribution is 2.23. The van der Waals surface area contributed by atoms with Gasteiger partial charge in [-0.2, -0.15) is 0 Å². The van der Waals surface area contributed by atoms with E-state index in [0.717, 1.165) is 32.2 Å². The quantitative estimate of drug-likeness (QED) is 0.882. The molecule has 0 aromatic heterocycles. The van der Waals surface area contributed by atoms with Crippen LogP contribution in [0.4, 0.5) is 4.39 Å². The molecule has 0 radical (unpaired) electrons. The van der Waals surface area contributed by atoms with Crippen molar-refractivity contribution in [2.75, 3.05) is 6.54 Å². The summed E-state index contributed by atoms with van der Waals surface area (Å²) in [6.07, 6.45) is 3.77. The topological polar surface area (TPSA) is 32.3 Å². The first kappa shape index (κ1) is 13.8. The Kier molecular flexibility index (Phi) is 4.98. The van der Waals surface area contributed by atoms with Crippen molar-refractivity contribution in [3.8, 4) is 0 Å². The van der Waals surface area contributed by atoms with Crippen LogP contribution in [-0.2, 0) is 6.54 Å². The normalized spacial score (nSPS) is 24.2. The van der Waals surface area contributed by atoms with Crippen LogP contribution >= 0.6 is 11.6 Å². The third-order valence-corrected chi connectivity index (χ3v) is 3.81. The monoisotopic (exact) mass is 271 g/mol. The Hall–Kier alpha value is -0.640. The van der Waals surface area contributed by atoms with E-state index in [2.05, 4.69) is 5.32 Å². The van der Waals surface area contributed by atoms with Gasteiger partial charge in [0.05, 0.1) is 6.10 Å². The zero-order chi connectivity index (χ0) is 13.0. The van der Waals surface area contributed by atoms with E-state index < -0.39 is 0 Å². The van der Waals surface area contributed by atoms with Gasteiger partial charge in [0.2, 0.25) is 0 Å². The molecule has 0 aliphatic heterocycles. The van der Waals surface area contributed by atoms with Crippen LogP contribution < -0.4 is 5.32 Å². The highest BCUT2D eigenvalue weighted by molar-refractivity contribution is 6.30. The third-order valence-electron chi connectivity index (χ3n) is 3.58. The van der Waals surface area contributed by atoms with Crippen LogP contribution in [0.5, 0.6) is 0 Å². The molecule has 2 rings (SSSR count). The molecule has 1 aromatic rings. The molecule has 1 saturated carbocycles. The molecule has 1 aliphatic rings. The minimum absolute atomic E-state index is 0.116. The number of aliphatic hydroxyl groups is 1. The summed E-state index contributed by atoms with van der Waals surface area (Å²) >= 11 is 5.70. The average Bonchev–Trinajstić information content (AvgIpc) is 2.34. The van der Waals surface area contributed by atoms with E-state index in [1.807, 2.05) is 0 Å². The van der Waals surface area contributed by atoms with Gasteiger partial charge in [0.25, 0.3) is 0 Å². The van der Waals surface area contributed by atoms with Gasteiger partial charge in [0, 0.05) is 17.1 Å². The predicted octanol–water partition coefficient (Wildman–Crippen LogP) is 3.12. The number of nitrogens with one attached hydrogen (secondary N) is 1. The van der Waals surface area contributed by atoms with Crippen LogP contribution in [0.1, 0.15) is 31.2 Å². The fourth-order valence-corrected chi connectivity index (χ4v) is 2.58. The van der Waals surface area contributed by atoms with Crippen LogP contribution in [0, 0.1) is 11.7 Å². The molecule has 2 N–H and O–H groups in total. The van der Waals surface area contributed by atoms with E-state index in [4.69, 9.17) is 11.6 Å². The lowest BCUT2D eigenvalue weighted by molar-refractivity contribution is 0.108. The molecule has 100 valence electrons. The molecule has 4 heteroatoms. The Labute approximate surface area is 112 Å². The molecule has 0 atom stereocenters. The van der Waals surface area contributed by atoms with Gasteiger partial charge in [-0.3, -0.25) is 0 Å². The first-order chi connectivity index (χ1) is 8.65. The molecule has 18 heavy (non-hydrogen) atoms. The van der Waals surface area contributed by atoms with Crippen molar-refractivity contribution in [2.24, 2.45) is 5.92 Å². The van der Waals surface area contributed by atoms with E-state index in [-0.39, 0.29) is 11.9 Å². The number of benzene rings is 1. The summed E-state index contributed by atoms with van der Waals surface area (Å²) in [4.78, 5) is 0. The lowest BCUT2D eigenvalue weighted by Crippen LogP contribution is -2.27. The fraction of sp³-hybridized carbons (Fsp3) is 0.571. The van der Waals surface area contributed by atoms with Crippen LogP contribution in [0.15, 0.2) is 18.2 Å². The molecule has 1 aliphatic carbocycles. The summed E-state index contributed by atoms with van der Waals surface area (Å²) in [7, 11) is 0. The van der Waals surface area contributed by atoms with Crippen molar-refractivity contribution in [3.05, 3.63) is 34.6 Å². The minimum Gasteiger partial charge on any atom is -0.393 e. The van der Waals surface area contributed by atoms with Crippen molar-refractivity contribution in [2.45, 2.75) is 38.3 Å². The van der Waals surface area contributed by atoms with Gasteiger partial charge in [-0.15, -0.1) is 0 Å². The van der Waals surface area contributed by atoms with Gasteiger partial charge in [0.15, 0.2) is 0 Å². The van der Waals surface area contributed by atoms with Gasteiger partial charge in [-0.25, -0.2) is 4.39 Å². The highest BCUT2D eigenvalue weighted by atomic mass is 35.5. The average molecular weight is 272 g/mol. The molecule has 0 amide bonds. The van der Waals surface area contributed by atoms with E-state index in [0.29, 0.717) is 23.0 Å². The Morgan fingerprint density at radius 3 is 2.67 bits per heavy atom. The van der Waals surface area contributed by atoms with E-state index in [1.165, 1.54) is 6.07 Å². The SMILES string of the molecule is OC1CCC(CNCc2ccc(Cl)cc2F)CC1. The minimum atomic E-state index is -0.255. The summed E-state index contributed by atoms with van der Waals surface area (Å²) in [5, 5.41) is 13.1. The molecule has 1 aromatic carbocycles. The van der Waals surface area contributed by atoms with Gasteiger partial charge < -0.3 is 10.4 Å². The zero-order valence-corrected chi connectivity index (χ0v) is 11.1. The van der Waals surface area contributed by atoms with Gasteiger partial charge in [-0.05, 0) is 50.3 Å². The number of halogens is 2. The van der Waals surface area contributed by atoms with E-state index in [9.17, 15) is 9.50 Å². The molecule has 0 spiro atoms. The molecular weight excluding hydrogens is 253 g/mol. The largest absolute Gasteiger partial charge is 0.393 e. The van der Waals surface area contributed by atoms with Crippen LogP contribution in [-0.4, -0.2) is 17.8 Å². The lowest BCUT2D eigenvalue weighted by Gasteiger charge is -2.25. The molecule has 0 heterocycles. The number of hydrogen-bond donors (Lipinski definition) is 2. The molecule has 2 nitrogen and oxygen atoms in total. The van der Waals surface area contributed by atoms with Crippen molar-refractivity contribution in [1.82, 2.24) is 5.32 Å². The van der Waals surface area contributed by atoms with Crippen molar-refractivity contribution in [3.63, 3.8) is 0 Å². The predicted molar refractivity (Wildman–Crippen MR) is 71.1 cm³/mol. The van der Waals surface area contributed by atoms with Gasteiger partial charge in [0.1, 0.15) is 5.82 Å². The summed E-state index contributed by atoms with van der Waals surface area (Å²) in [5.74, 6) is 0.345. The van der Waals surface area contributed by atoms with Crippen LogP contribution in [0.25, 0.3) is 0 Å². The maximum atomic E-state index is 13.5. The second-order valence-corrected chi connectivity index (χ2v) is 5.48. The fourth-order valence-electron chi connectivity index (χ4n) is 2.42. The third kappa shape index (κ3) is 3.94. The molecule has 0 unspecified atom stereocenters. The van der Waals surface area contributed by atoms with Crippen molar-refractivity contribution >= 4 is 11.6 Å². The summed E-state index contributed by atoms with van der Waals surface area (Å²) in [5.41, 5.74) is 0.648. The Bertz CT molecular complexity index is 391. The van der Waals surface area contributed by atoms with Crippen LogP contribution in [0.2, 0.25) is 5.02 Å². The van der Waals surface area contributed by atoms with Crippen molar-refractivity contribution < 1.29 is 9.50 Å². The molecule has 1 fully saturated rings. The standard InChI is InChI=1S/C14H19ClFNO/c15-12-4-3-11(14(16)7-12)9-17-8-10-1-5-13(18)6-2-10/h3-4,7,10,13,17-18H,1-2,5-6,8-9H2. The Morgan fingerprint density at radius 2 is 2.00 bits per heavy atom. The number of rotatable bonds is 4. The van der Waals surface area contributed by atoms with Gasteiger partial charge >= 0.3 is 0 Å². The second kappa shape index (κ2) is 6.50. The Balaban J connectivity index is 1.75. The lowest BCUT2D eigenvalue weighted by atomic mass is 9.87. The summed E-state index contributed by atoms with van der Waals surface area (Å²) < 4.78 is 13.5. The maximum absolute atomic E-state index is 13.5. The number of hydrogen-bond acceptors (Lipinski definition) is 2. The summed E-state index contributed by atoms with van der Waals surface area (Å²) in [6.45, 7) is 1.41. The first-order valence-corrected chi connectivity index (χ1v) is 6.85. The zero-order valence-electron chi connectivity index (χ0n) is 10.3. The molecular formula is C14H19ClFNO. The van der Waals surface area contributed by atoms with Crippen LogP contribution in [0.3, 0.4) is 0 Å². The Morgan fingerprint density at radius 1 is 1.28 bits per heavy atom. The second-order valence-electron chi connectivity index (χ2n) is 5.04. The first-order valence-electron chi connectivity index (χ1n) is 6.48. The van der Waals surface area contributed by atoms with E-state index >= 15 is 0 Å². The van der Waals surface area contributed by atoms with Gasteiger partial charge in [-0.1, -0.05) is 17.7 Å². The number of aliphatic hydroxyl groups excluding tert-OH is 1. The van der Waals surface area contributed by atoms with E-state index in [1.54, 1.807) is 12.1 Å². The molecule has 0 saturated heterocycles. The highest BCUT2D eigenvalue weighted by Gasteiger charge is 2.18. The van der Waals surface area contributed by atoms with Crippen molar-refractivity contribution in [1.29, 1.82) is 0 Å². The summed E-state index contributed by atoms with van der Waals surface area (Å²) in [6, 6.07) is 4.77. The maximum Gasteiger partial charge on any atom is 0.129 e. The molecule has 0 bridgehead atoms.